The van der Waals surface area contributed by atoms with Gasteiger partial charge in [-0.3, -0.25) is 0 Å². The zero-order valence-corrected chi connectivity index (χ0v) is 12.9. The van der Waals surface area contributed by atoms with Gasteiger partial charge in [-0.2, -0.15) is 0 Å². The van der Waals surface area contributed by atoms with Crippen LogP contribution in [0.4, 0.5) is 0 Å². The molecular weight excluding hydrogens is 232 g/mol. The van der Waals surface area contributed by atoms with Crippen molar-refractivity contribution in [2.45, 2.75) is 52.5 Å². The standard InChI is InChI=1S/C17H30N2/c1-5-14(6-2)12-19-17(11-18)16-9-7-15(8-10-16)13(3)4/h7-10,13-14,17,19H,5-6,11-12,18H2,1-4H3. The summed E-state index contributed by atoms with van der Waals surface area (Å²) in [6.07, 6.45) is 2.46. The highest BCUT2D eigenvalue weighted by molar-refractivity contribution is 5.27. The van der Waals surface area contributed by atoms with Crippen molar-refractivity contribution in [3.05, 3.63) is 35.4 Å². The Morgan fingerprint density at radius 2 is 1.53 bits per heavy atom. The molecule has 0 saturated heterocycles. The maximum atomic E-state index is 5.91. The summed E-state index contributed by atoms with van der Waals surface area (Å²) in [7, 11) is 0. The van der Waals surface area contributed by atoms with E-state index >= 15 is 0 Å². The molecule has 0 saturated carbocycles. The van der Waals surface area contributed by atoms with E-state index in [1.54, 1.807) is 0 Å². The number of hydrogen-bond donors (Lipinski definition) is 2. The van der Waals surface area contributed by atoms with Crippen LogP contribution in [-0.2, 0) is 0 Å². The Kier molecular flexibility index (Phi) is 7.11. The van der Waals surface area contributed by atoms with Crippen molar-refractivity contribution in [3.63, 3.8) is 0 Å². The second kappa shape index (κ2) is 8.34. The second-order valence-corrected chi connectivity index (χ2v) is 5.70. The van der Waals surface area contributed by atoms with Gasteiger partial charge in [-0.25, -0.2) is 0 Å². The molecule has 108 valence electrons. The number of rotatable bonds is 8. The molecule has 0 aliphatic carbocycles. The minimum atomic E-state index is 0.279. The fraction of sp³-hybridized carbons (Fsp3) is 0.647. The predicted molar refractivity (Wildman–Crippen MR) is 84.4 cm³/mol. The van der Waals surface area contributed by atoms with Crippen LogP contribution < -0.4 is 11.1 Å². The van der Waals surface area contributed by atoms with Gasteiger partial charge in [0.05, 0.1) is 0 Å². The molecule has 0 aliphatic rings. The van der Waals surface area contributed by atoms with Gasteiger partial charge in [0.15, 0.2) is 0 Å². The molecule has 2 nitrogen and oxygen atoms in total. The van der Waals surface area contributed by atoms with Gasteiger partial charge in [-0.05, 0) is 29.5 Å². The topological polar surface area (TPSA) is 38.0 Å². The van der Waals surface area contributed by atoms with Crippen molar-refractivity contribution in [2.75, 3.05) is 13.1 Å². The molecule has 1 aromatic carbocycles. The number of nitrogens with one attached hydrogen (secondary N) is 1. The molecule has 1 rings (SSSR count). The molecule has 1 atom stereocenters. The fourth-order valence-electron chi connectivity index (χ4n) is 2.34. The highest BCUT2D eigenvalue weighted by atomic mass is 14.9. The van der Waals surface area contributed by atoms with Crippen LogP contribution in [0.3, 0.4) is 0 Å². The van der Waals surface area contributed by atoms with Crippen LogP contribution >= 0.6 is 0 Å². The minimum absolute atomic E-state index is 0.279. The molecule has 1 aromatic rings. The van der Waals surface area contributed by atoms with E-state index in [0.717, 1.165) is 12.5 Å². The van der Waals surface area contributed by atoms with E-state index in [2.05, 4.69) is 57.3 Å². The van der Waals surface area contributed by atoms with Gasteiger partial charge in [0.25, 0.3) is 0 Å². The number of nitrogens with two attached hydrogens (primary N) is 1. The summed E-state index contributed by atoms with van der Waals surface area (Å²) in [4.78, 5) is 0. The molecular formula is C17H30N2. The second-order valence-electron chi connectivity index (χ2n) is 5.70. The van der Waals surface area contributed by atoms with Crippen LogP contribution in [0.1, 0.15) is 63.6 Å². The van der Waals surface area contributed by atoms with Crippen molar-refractivity contribution < 1.29 is 0 Å². The first-order valence-corrected chi connectivity index (χ1v) is 7.65. The molecule has 0 radical (unpaired) electrons. The van der Waals surface area contributed by atoms with Crippen molar-refractivity contribution in [2.24, 2.45) is 11.7 Å². The monoisotopic (exact) mass is 262 g/mol. The molecule has 0 amide bonds. The number of hydrogen-bond acceptors (Lipinski definition) is 2. The quantitative estimate of drug-likeness (QED) is 0.747. The molecule has 0 bridgehead atoms. The Bertz CT molecular complexity index is 339. The summed E-state index contributed by atoms with van der Waals surface area (Å²) >= 11 is 0. The molecule has 2 heteroatoms. The van der Waals surface area contributed by atoms with Gasteiger partial charge < -0.3 is 11.1 Å². The summed E-state index contributed by atoms with van der Waals surface area (Å²) < 4.78 is 0. The van der Waals surface area contributed by atoms with E-state index in [0.29, 0.717) is 12.5 Å². The van der Waals surface area contributed by atoms with Crippen LogP contribution in [0.15, 0.2) is 24.3 Å². The van der Waals surface area contributed by atoms with Crippen molar-refractivity contribution in [3.8, 4) is 0 Å². The van der Waals surface area contributed by atoms with Gasteiger partial charge in [0.1, 0.15) is 0 Å². The van der Waals surface area contributed by atoms with Gasteiger partial charge in [-0.1, -0.05) is 64.8 Å². The Hall–Kier alpha value is -0.860. The minimum Gasteiger partial charge on any atom is -0.329 e. The van der Waals surface area contributed by atoms with Crippen molar-refractivity contribution in [1.29, 1.82) is 0 Å². The lowest BCUT2D eigenvalue weighted by atomic mass is 9.98. The van der Waals surface area contributed by atoms with E-state index in [1.807, 2.05) is 0 Å². The first-order chi connectivity index (χ1) is 9.12. The average Bonchev–Trinajstić information content (AvgIpc) is 2.44. The molecule has 19 heavy (non-hydrogen) atoms. The highest BCUT2D eigenvalue weighted by Crippen LogP contribution is 2.19. The molecule has 0 spiro atoms. The third-order valence-corrected chi connectivity index (χ3v) is 4.05. The molecule has 3 N–H and O–H groups in total. The smallest absolute Gasteiger partial charge is 0.0444 e. The Morgan fingerprint density at radius 3 is 1.95 bits per heavy atom. The summed E-state index contributed by atoms with van der Waals surface area (Å²) in [5, 5.41) is 3.61. The van der Waals surface area contributed by atoms with E-state index in [-0.39, 0.29) is 6.04 Å². The molecule has 1 unspecified atom stereocenters. The van der Waals surface area contributed by atoms with Crippen LogP contribution in [0.25, 0.3) is 0 Å². The summed E-state index contributed by atoms with van der Waals surface area (Å²) in [5.74, 6) is 1.34. The van der Waals surface area contributed by atoms with Crippen LogP contribution in [0.5, 0.6) is 0 Å². The van der Waals surface area contributed by atoms with E-state index in [4.69, 9.17) is 5.73 Å². The molecule has 0 fully saturated rings. The highest BCUT2D eigenvalue weighted by Gasteiger charge is 2.11. The third kappa shape index (κ3) is 4.96. The lowest BCUT2D eigenvalue weighted by Crippen LogP contribution is -2.32. The molecule has 0 aromatic heterocycles. The normalized spacial score (nSPS) is 13.2. The fourth-order valence-corrected chi connectivity index (χ4v) is 2.34. The van der Waals surface area contributed by atoms with Crippen LogP contribution in [-0.4, -0.2) is 13.1 Å². The zero-order chi connectivity index (χ0) is 14.3. The van der Waals surface area contributed by atoms with E-state index in [9.17, 15) is 0 Å². The lowest BCUT2D eigenvalue weighted by molar-refractivity contribution is 0.414. The summed E-state index contributed by atoms with van der Waals surface area (Å²) in [6, 6.07) is 9.16. The van der Waals surface area contributed by atoms with Crippen molar-refractivity contribution >= 4 is 0 Å². The van der Waals surface area contributed by atoms with Crippen LogP contribution in [0.2, 0.25) is 0 Å². The lowest BCUT2D eigenvalue weighted by Gasteiger charge is -2.21. The Balaban J connectivity index is 2.63. The van der Waals surface area contributed by atoms with Gasteiger partial charge in [-0.15, -0.1) is 0 Å². The Morgan fingerprint density at radius 1 is 1.00 bits per heavy atom. The van der Waals surface area contributed by atoms with E-state index < -0.39 is 0 Å². The van der Waals surface area contributed by atoms with Crippen LogP contribution in [0, 0.1) is 5.92 Å². The third-order valence-electron chi connectivity index (χ3n) is 4.05. The van der Waals surface area contributed by atoms with Gasteiger partial charge >= 0.3 is 0 Å². The zero-order valence-electron chi connectivity index (χ0n) is 12.9. The summed E-state index contributed by atoms with van der Waals surface area (Å²) in [6.45, 7) is 10.7. The summed E-state index contributed by atoms with van der Waals surface area (Å²) in [5.41, 5.74) is 8.60. The maximum Gasteiger partial charge on any atom is 0.0444 e. The van der Waals surface area contributed by atoms with E-state index in [1.165, 1.54) is 24.0 Å². The van der Waals surface area contributed by atoms with Gasteiger partial charge in [0, 0.05) is 12.6 Å². The SMILES string of the molecule is CCC(CC)CNC(CN)c1ccc(C(C)C)cc1. The molecule has 0 heterocycles. The first kappa shape index (κ1) is 16.2. The van der Waals surface area contributed by atoms with Gasteiger partial charge in [0.2, 0.25) is 0 Å². The predicted octanol–water partition coefficient (Wildman–Crippen LogP) is 3.84. The molecule has 0 aliphatic heterocycles. The average molecular weight is 262 g/mol. The largest absolute Gasteiger partial charge is 0.329 e. The van der Waals surface area contributed by atoms with Crippen molar-refractivity contribution in [1.82, 2.24) is 5.32 Å². The first-order valence-electron chi connectivity index (χ1n) is 7.65. The maximum absolute atomic E-state index is 5.91. The Labute approximate surface area is 118 Å². The number of benzene rings is 1.